The zero-order valence-electron chi connectivity index (χ0n) is 15.1. The van der Waals surface area contributed by atoms with Crippen LogP contribution in [0.3, 0.4) is 0 Å². The van der Waals surface area contributed by atoms with Gasteiger partial charge in [-0.2, -0.15) is 13.2 Å². The first-order chi connectivity index (χ1) is 12.0. The maximum Gasteiger partial charge on any atom is 0.416 e. The Morgan fingerprint density at radius 3 is 2.23 bits per heavy atom. The van der Waals surface area contributed by atoms with Crippen LogP contribution in [-0.2, 0) is 27.2 Å². The maximum atomic E-state index is 13.0. The van der Waals surface area contributed by atoms with Crippen molar-refractivity contribution in [3.05, 3.63) is 35.4 Å². The van der Waals surface area contributed by atoms with E-state index in [0.29, 0.717) is 25.7 Å². The van der Waals surface area contributed by atoms with E-state index in [-0.39, 0.29) is 35.4 Å². The van der Waals surface area contributed by atoms with Gasteiger partial charge in [0.2, 0.25) is 0 Å². The number of ketones is 1. The molecule has 0 bridgehead atoms. The second-order valence-electron chi connectivity index (χ2n) is 7.39. The predicted octanol–water partition coefficient (Wildman–Crippen LogP) is 4.45. The number of carbonyl (C=O) groups excluding carboxylic acids is 1. The standard InChI is InChI=1S/C19H25F3O3S/c1-13(2)26(24,25)12-14-7-9-15(10-8-14)18(23)11-16-5-3-4-6-17(16)19(20,21)22/h3-6,13-15H,7-12H2,1-2H3. The van der Waals surface area contributed by atoms with Crippen LogP contribution in [-0.4, -0.2) is 25.2 Å². The van der Waals surface area contributed by atoms with Crippen molar-refractivity contribution in [3.8, 4) is 0 Å². The van der Waals surface area contributed by atoms with Gasteiger partial charge in [0.1, 0.15) is 5.78 Å². The van der Waals surface area contributed by atoms with Gasteiger partial charge in [-0.05, 0) is 57.1 Å². The molecule has 0 N–H and O–H groups in total. The third-order valence-corrected chi connectivity index (χ3v) is 7.55. The molecule has 2 rings (SSSR count). The highest BCUT2D eigenvalue weighted by atomic mass is 32.2. The van der Waals surface area contributed by atoms with E-state index >= 15 is 0 Å². The topological polar surface area (TPSA) is 51.2 Å². The van der Waals surface area contributed by atoms with E-state index in [1.807, 2.05) is 0 Å². The zero-order valence-corrected chi connectivity index (χ0v) is 15.9. The van der Waals surface area contributed by atoms with Gasteiger partial charge in [0.15, 0.2) is 9.84 Å². The Kier molecular flexibility index (Phi) is 6.53. The third-order valence-electron chi connectivity index (χ3n) is 5.18. The molecule has 0 aromatic heterocycles. The van der Waals surface area contributed by atoms with Gasteiger partial charge in [0.05, 0.1) is 16.6 Å². The van der Waals surface area contributed by atoms with Crippen LogP contribution in [0.2, 0.25) is 0 Å². The summed E-state index contributed by atoms with van der Waals surface area (Å²) in [5.74, 6) is -0.308. The number of sulfone groups is 1. The van der Waals surface area contributed by atoms with Gasteiger partial charge < -0.3 is 0 Å². The molecule has 0 heterocycles. The maximum absolute atomic E-state index is 13.0. The Bertz CT molecular complexity index is 731. The number of benzene rings is 1. The average molecular weight is 390 g/mol. The van der Waals surface area contributed by atoms with E-state index < -0.39 is 26.8 Å². The highest BCUT2D eigenvalue weighted by Gasteiger charge is 2.35. The molecule has 1 aromatic rings. The third kappa shape index (κ3) is 5.32. The first-order valence-electron chi connectivity index (χ1n) is 8.90. The summed E-state index contributed by atoms with van der Waals surface area (Å²) in [6.45, 7) is 3.31. The molecular weight excluding hydrogens is 365 g/mol. The SMILES string of the molecule is CC(C)S(=O)(=O)CC1CCC(C(=O)Cc2ccccc2C(F)(F)F)CC1. The van der Waals surface area contributed by atoms with Crippen molar-refractivity contribution in [2.75, 3.05) is 5.75 Å². The van der Waals surface area contributed by atoms with Crippen LogP contribution in [0.4, 0.5) is 13.2 Å². The van der Waals surface area contributed by atoms with Crippen molar-refractivity contribution in [2.24, 2.45) is 11.8 Å². The summed E-state index contributed by atoms with van der Waals surface area (Å²) in [6, 6.07) is 5.17. The fourth-order valence-electron chi connectivity index (χ4n) is 3.46. The lowest BCUT2D eigenvalue weighted by molar-refractivity contribution is -0.138. The number of halogens is 3. The van der Waals surface area contributed by atoms with Crippen molar-refractivity contribution < 1.29 is 26.4 Å². The molecule has 26 heavy (non-hydrogen) atoms. The Hall–Kier alpha value is -1.37. The summed E-state index contributed by atoms with van der Waals surface area (Å²) in [7, 11) is -3.12. The van der Waals surface area contributed by atoms with Gasteiger partial charge in [-0.3, -0.25) is 4.79 Å². The molecule has 0 atom stereocenters. The first kappa shape index (κ1) is 20.9. The normalized spacial score (nSPS) is 21.8. The Balaban J connectivity index is 1.96. The molecule has 1 aromatic carbocycles. The predicted molar refractivity (Wildman–Crippen MR) is 94.5 cm³/mol. The fraction of sp³-hybridized carbons (Fsp3) is 0.632. The van der Waals surface area contributed by atoms with Gasteiger partial charge in [0, 0.05) is 12.3 Å². The van der Waals surface area contributed by atoms with Crippen molar-refractivity contribution >= 4 is 15.6 Å². The van der Waals surface area contributed by atoms with Crippen LogP contribution in [0.5, 0.6) is 0 Å². The number of alkyl halides is 3. The van der Waals surface area contributed by atoms with Crippen LogP contribution in [0.25, 0.3) is 0 Å². The molecule has 0 aliphatic heterocycles. The summed E-state index contributed by atoms with van der Waals surface area (Å²) < 4.78 is 63.2. The molecule has 0 spiro atoms. The molecule has 1 saturated carbocycles. The Labute approximate surface area is 152 Å². The Morgan fingerprint density at radius 1 is 1.12 bits per heavy atom. The van der Waals surface area contributed by atoms with Crippen molar-refractivity contribution in [3.63, 3.8) is 0 Å². The Morgan fingerprint density at radius 2 is 1.69 bits per heavy atom. The van der Waals surface area contributed by atoms with Crippen molar-refractivity contribution in [2.45, 2.75) is 57.4 Å². The number of hydrogen-bond acceptors (Lipinski definition) is 3. The molecule has 0 radical (unpaired) electrons. The number of rotatable bonds is 6. The summed E-state index contributed by atoms with van der Waals surface area (Å²) in [4.78, 5) is 12.5. The van der Waals surface area contributed by atoms with Crippen LogP contribution in [0.15, 0.2) is 24.3 Å². The number of carbonyl (C=O) groups is 1. The van der Waals surface area contributed by atoms with E-state index in [4.69, 9.17) is 0 Å². The molecule has 7 heteroatoms. The number of Topliss-reactive ketones (excluding diaryl/α,β-unsaturated/α-hetero) is 1. The lowest BCUT2D eigenvalue weighted by Gasteiger charge is -2.28. The van der Waals surface area contributed by atoms with E-state index in [9.17, 15) is 26.4 Å². The average Bonchev–Trinajstić information content (AvgIpc) is 2.54. The quantitative estimate of drug-likeness (QED) is 0.721. The number of hydrogen-bond donors (Lipinski definition) is 0. The highest BCUT2D eigenvalue weighted by molar-refractivity contribution is 7.91. The van der Waals surface area contributed by atoms with Crippen LogP contribution in [0.1, 0.15) is 50.7 Å². The monoisotopic (exact) mass is 390 g/mol. The fourth-order valence-corrected chi connectivity index (χ4v) is 4.83. The molecular formula is C19H25F3O3S. The lowest BCUT2D eigenvalue weighted by Crippen LogP contribution is -2.29. The molecule has 1 aliphatic rings. The van der Waals surface area contributed by atoms with Crippen LogP contribution >= 0.6 is 0 Å². The van der Waals surface area contributed by atoms with Crippen LogP contribution < -0.4 is 0 Å². The van der Waals surface area contributed by atoms with Gasteiger partial charge in [0.25, 0.3) is 0 Å². The molecule has 146 valence electrons. The van der Waals surface area contributed by atoms with Gasteiger partial charge >= 0.3 is 6.18 Å². The second kappa shape index (κ2) is 8.11. The minimum Gasteiger partial charge on any atom is -0.299 e. The molecule has 1 aliphatic carbocycles. The molecule has 1 fully saturated rings. The van der Waals surface area contributed by atoms with Gasteiger partial charge in [-0.15, -0.1) is 0 Å². The first-order valence-corrected chi connectivity index (χ1v) is 10.6. The largest absolute Gasteiger partial charge is 0.416 e. The van der Waals surface area contributed by atoms with Gasteiger partial charge in [-0.25, -0.2) is 8.42 Å². The minimum absolute atomic E-state index is 0.00880. The molecule has 0 unspecified atom stereocenters. The smallest absolute Gasteiger partial charge is 0.299 e. The van der Waals surface area contributed by atoms with E-state index in [0.717, 1.165) is 6.07 Å². The van der Waals surface area contributed by atoms with Crippen LogP contribution in [0, 0.1) is 11.8 Å². The molecule has 0 amide bonds. The van der Waals surface area contributed by atoms with Crippen molar-refractivity contribution in [1.82, 2.24) is 0 Å². The summed E-state index contributed by atoms with van der Waals surface area (Å²) in [5.41, 5.74) is -0.750. The second-order valence-corrected chi connectivity index (χ2v) is 10.00. The van der Waals surface area contributed by atoms with Gasteiger partial charge in [-0.1, -0.05) is 18.2 Å². The molecule has 0 saturated heterocycles. The highest BCUT2D eigenvalue weighted by Crippen LogP contribution is 2.34. The molecule has 3 nitrogen and oxygen atoms in total. The summed E-state index contributed by atoms with van der Waals surface area (Å²) in [5, 5.41) is -0.416. The minimum atomic E-state index is -4.47. The zero-order chi connectivity index (χ0) is 19.5. The summed E-state index contributed by atoms with van der Waals surface area (Å²) in [6.07, 6.45) is -2.35. The summed E-state index contributed by atoms with van der Waals surface area (Å²) >= 11 is 0. The van der Waals surface area contributed by atoms with E-state index in [1.165, 1.54) is 18.2 Å². The van der Waals surface area contributed by atoms with Crippen molar-refractivity contribution in [1.29, 1.82) is 0 Å². The van der Waals surface area contributed by atoms with E-state index in [2.05, 4.69) is 0 Å². The lowest BCUT2D eigenvalue weighted by atomic mass is 9.79. The van der Waals surface area contributed by atoms with E-state index in [1.54, 1.807) is 13.8 Å².